The van der Waals surface area contributed by atoms with Crippen LogP contribution in [0.5, 0.6) is 0 Å². The zero-order valence-corrected chi connectivity index (χ0v) is 19.0. The van der Waals surface area contributed by atoms with Gasteiger partial charge in [0.1, 0.15) is 6.04 Å². The lowest BCUT2D eigenvalue weighted by Crippen LogP contribution is -2.45. The van der Waals surface area contributed by atoms with Gasteiger partial charge < -0.3 is 20.5 Å². The first-order chi connectivity index (χ1) is 15.0. The number of aliphatic hydroxyl groups is 1. The van der Waals surface area contributed by atoms with E-state index in [4.69, 9.17) is 10.5 Å². The van der Waals surface area contributed by atoms with Crippen molar-refractivity contribution in [3.8, 4) is 0 Å². The van der Waals surface area contributed by atoms with E-state index < -0.39 is 46.6 Å². The maximum Gasteiger partial charge on any atom is 0.325 e. The first-order valence-electron chi connectivity index (χ1n) is 10.5. The van der Waals surface area contributed by atoms with E-state index in [0.717, 1.165) is 15.4 Å². The van der Waals surface area contributed by atoms with Crippen LogP contribution in [-0.2, 0) is 29.1 Å². The molecule has 0 aromatic heterocycles. The minimum atomic E-state index is -4.05. The number of nitrogens with two attached hydrogens (primary N) is 1. The predicted octanol–water partition coefficient (Wildman–Crippen LogP) is -0.306. The number of primary amides is 1. The topological polar surface area (TPSA) is 147 Å². The van der Waals surface area contributed by atoms with Crippen molar-refractivity contribution in [2.45, 2.75) is 50.2 Å². The quantitative estimate of drug-likeness (QED) is 0.546. The van der Waals surface area contributed by atoms with Crippen molar-refractivity contribution in [2.75, 3.05) is 26.2 Å². The van der Waals surface area contributed by atoms with E-state index in [9.17, 15) is 27.9 Å². The summed E-state index contributed by atoms with van der Waals surface area (Å²) in [5, 5.41) is 10.1. The van der Waals surface area contributed by atoms with E-state index in [0.29, 0.717) is 25.9 Å². The summed E-state index contributed by atoms with van der Waals surface area (Å²) in [4.78, 5) is 37.8. The van der Waals surface area contributed by atoms with E-state index in [1.807, 2.05) is 6.92 Å². The fourth-order valence-corrected chi connectivity index (χ4v) is 5.72. The van der Waals surface area contributed by atoms with Crippen LogP contribution < -0.4 is 5.73 Å². The molecule has 0 saturated carbocycles. The number of ether oxygens (including phenoxy) is 1. The minimum Gasteiger partial charge on any atom is -0.454 e. The summed E-state index contributed by atoms with van der Waals surface area (Å²) in [7, 11) is -4.05. The number of β-amino-alcohol motifs (C(OH)–C–C–N with tert-alkyl or cyclic N) is 1. The smallest absolute Gasteiger partial charge is 0.325 e. The highest BCUT2D eigenvalue weighted by Crippen LogP contribution is 2.28. The molecule has 2 heterocycles. The molecule has 2 amide bonds. The lowest BCUT2D eigenvalue weighted by molar-refractivity contribution is -0.155. The average Bonchev–Trinajstić information content (AvgIpc) is 3.16. The standard InChI is InChI=1S/C21H29N3O7S/c1-13-3-4-17(9-14(13)2)32(29,30)24-11-16(25)10-18(24)21(28)31-12-19(26)23-7-5-15(6-8-23)20(22)27/h3-4,9,15-16,18,25H,5-8,10-12H2,1-2H3,(H2,22,27)/t16?,18-/m0/s1. The van der Waals surface area contributed by atoms with E-state index >= 15 is 0 Å². The fraction of sp³-hybridized carbons (Fsp3) is 0.571. The molecular weight excluding hydrogens is 438 g/mol. The van der Waals surface area contributed by atoms with Gasteiger partial charge in [-0.2, -0.15) is 4.31 Å². The monoisotopic (exact) mass is 467 g/mol. The van der Waals surface area contributed by atoms with Crippen molar-refractivity contribution in [1.29, 1.82) is 0 Å². The number of aliphatic hydroxyl groups excluding tert-OH is 1. The SMILES string of the molecule is Cc1ccc(S(=O)(=O)N2CC(O)C[C@H]2C(=O)OCC(=O)N2CCC(C(N)=O)CC2)cc1C. The Morgan fingerprint density at radius 3 is 2.41 bits per heavy atom. The number of likely N-dealkylation sites (tertiary alicyclic amines) is 1. The molecule has 1 unspecified atom stereocenters. The van der Waals surface area contributed by atoms with Crippen molar-refractivity contribution >= 4 is 27.8 Å². The number of rotatable bonds is 6. The molecule has 1 aromatic rings. The number of nitrogens with zero attached hydrogens (tertiary/aromatic N) is 2. The van der Waals surface area contributed by atoms with E-state index in [1.54, 1.807) is 13.0 Å². The van der Waals surface area contributed by atoms with E-state index in [1.165, 1.54) is 17.0 Å². The highest BCUT2D eigenvalue weighted by molar-refractivity contribution is 7.89. The van der Waals surface area contributed by atoms with Crippen molar-refractivity contribution in [2.24, 2.45) is 11.7 Å². The summed E-state index contributed by atoms with van der Waals surface area (Å²) in [6.07, 6.45) is -0.226. The first-order valence-corrected chi connectivity index (χ1v) is 12.0. The minimum absolute atomic E-state index is 0.0286. The molecule has 32 heavy (non-hydrogen) atoms. The van der Waals surface area contributed by atoms with Crippen LogP contribution in [0.3, 0.4) is 0 Å². The summed E-state index contributed by atoms with van der Waals surface area (Å²) in [6.45, 7) is 3.54. The van der Waals surface area contributed by atoms with Gasteiger partial charge in [-0.05, 0) is 49.9 Å². The van der Waals surface area contributed by atoms with Crippen LogP contribution in [0.1, 0.15) is 30.4 Å². The Labute approximate surface area is 187 Å². The van der Waals surface area contributed by atoms with Crippen molar-refractivity contribution in [3.05, 3.63) is 29.3 Å². The molecule has 0 bridgehead atoms. The van der Waals surface area contributed by atoms with Gasteiger partial charge >= 0.3 is 5.97 Å². The summed E-state index contributed by atoms with van der Waals surface area (Å²) < 4.78 is 32.3. The van der Waals surface area contributed by atoms with E-state index in [2.05, 4.69) is 0 Å². The highest BCUT2D eigenvalue weighted by atomic mass is 32.2. The first kappa shape index (κ1) is 24.1. The van der Waals surface area contributed by atoms with Crippen LogP contribution in [0.4, 0.5) is 0 Å². The van der Waals surface area contributed by atoms with Crippen LogP contribution in [0, 0.1) is 19.8 Å². The largest absolute Gasteiger partial charge is 0.454 e. The summed E-state index contributed by atoms with van der Waals surface area (Å²) in [6, 6.07) is 3.45. The predicted molar refractivity (Wildman–Crippen MR) is 114 cm³/mol. The molecule has 11 heteroatoms. The highest BCUT2D eigenvalue weighted by Gasteiger charge is 2.44. The molecule has 10 nitrogen and oxygen atoms in total. The van der Waals surface area contributed by atoms with Gasteiger partial charge in [-0.15, -0.1) is 0 Å². The number of hydrogen-bond donors (Lipinski definition) is 2. The molecule has 2 saturated heterocycles. The molecule has 0 aliphatic carbocycles. The van der Waals surface area contributed by atoms with Gasteiger partial charge in [0.2, 0.25) is 15.9 Å². The summed E-state index contributed by atoms with van der Waals surface area (Å²) in [5.74, 6) is -1.98. The fourth-order valence-electron chi connectivity index (χ4n) is 4.01. The van der Waals surface area contributed by atoms with Gasteiger partial charge in [-0.1, -0.05) is 6.07 Å². The summed E-state index contributed by atoms with van der Waals surface area (Å²) >= 11 is 0. The Morgan fingerprint density at radius 1 is 1.16 bits per heavy atom. The molecule has 3 N–H and O–H groups in total. The second-order valence-electron chi connectivity index (χ2n) is 8.39. The number of benzene rings is 1. The van der Waals surface area contributed by atoms with Crippen LogP contribution in [0.25, 0.3) is 0 Å². The Morgan fingerprint density at radius 2 is 1.81 bits per heavy atom. The molecule has 176 valence electrons. The lowest BCUT2D eigenvalue weighted by atomic mass is 9.96. The number of carbonyl (C=O) groups excluding carboxylic acids is 3. The molecule has 0 spiro atoms. The number of carbonyl (C=O) groups is 3. The van der Waals surface area contributed by atoms with Crippen molar-refractivity contribution < 1.29 is 32.6 Å². The number of sulfonamides is 1. The van der Waals surface area contributed by atoms with Gasteiger partial charge in [0.05, 0.1) is 11.0 Å². The Bertz CT molecular complexity index is 1000. The molecule has 2 aliphatic heterocycles. The zero-order valence-electron chi connectivity index (χ0n) is 18.2. The van der Waals surface area contributed by atoms with E-state index in [-0.39, 0.29) is 23.8 Å². The van der Waals surface area contributed by atoms with Gasteiger partial charge in [-0.25, -0.2) is 8.42 Å². The normalized spacial score (nSPS) is 22.7. The van der Waals surface area contributed by atoms with Crippen LogP contribution in [-0.4, -0.2) is 78.9 Å². The van der Waals surface area contributed by atoms with Crippen LogP contribution >= 0.6 is 0 Å². The Hall–Kier alpha value is -2.50. The van der Waals surface area contributed by atoms with Gasteiger partial charge in [0.25, 0.3) is 5.91 Å². The third kappa shape index (κ3) is 5.11. The van der Waals surface area contributed by atoms with Crippen LogP contribution in [0.15, 0.2) is 23.1 Å². The number of esters is 1. The van der Waals surface area contributed by atoms with Crippen molar-refractivity contribution in [1.82, 2.24) is 9.21 Å². The number of piperidine rings is 1. The van der Waals surface area contributed by atoms with Crippen molar-refractivity contribution in [3.63, 3.8) is 0 Å². The second kappa shape index (κ2) is 9.55. The second-order valence-corrected chi connectivity index (χ2v) is 10.3. The molecular formula is C21H29N3O7S. The van der Waals surface area contributed by atoms with Gasteiger partial charge in [0, 0.05) is 32.0 Å². The average molecular weight is 468 g/mol. The molecule has 2 atom stereocenters. The zero-order chi connectivity index (χ0) is 23.6. The molecule has 0 radical (unpaired) electrons. The molecule has 2 aliphatic rings. The third-order valence-corrected chi connectivity index (χ3v) is 8.05. The molecule has 2 fully saturated rings. The van der Waals surface area contributed by atoms with Gasteiger partial charge in [0.15, 0.2) is 6.61 Å². The summed E-state index contributed by atoms with van der Waals surface area (Å²) in [5.41, 5.74) is 7.01. The Balaban J connectivity index is 1.64. The number of aryl methyl sites for hydroxylation is 2. The Kier molecular flexibility index (Phi) is 7.21. The third-order valence-electron chi connectivity index (χ3n) is 6.18. The number of amides is 2. The van der Waals surface area contributed by atoms with Gasteiger partial charge in [-0.3, -0.25) is 14.4 Å². The maximum atomic E-state index is 13.1. The number of hydrogen-bond acceptors (Lipinski definition) is 7. The lowest BCUT2D eigenvalue weighted by Gasteiger charge is -2.30. The van der Waals surface area contributed by atoms with Crippen LogP contribution in [0.2, 0.25) is 0 Å². The molecule has 1 aromatic carbocycles. The maximum absolute atomic E-state index is 13.1. The molecule has 3 rings (SSSR count).